The van der Waals surface area contributed by atoms with Crippen LogP contribution in [-0.4, -0.2) is 29.6 Å². The monoisotopic (exact) mass is 275 g/mol. The zero-order valence-electron chi connectivity index (χ0n) is 12.9. The summed E-state index contributed by atoms with van der Waals surface area (Å²) in [6.07, 6.45) is 1.04. The molecule has 1 aliphatic heterocycles. The fourth-order valence-electron chi connectivity index (χ4n) is 2.97. The lowest BCUT2D eigenvalue weighted by Gasteiger charge is -2.15. The molecule has 0 amide bonds. The van der Waals surface area contributed by atoms with Crippen LogP contribution in [-0.2, 0) is 9.53 Å². The molecule has 1 unspecified atom stereocenters. The van der Waals surface area contributed by atoms with E-state index in [1.165, 1.54) is 5.56 Å². The Morgan fingerprint density at radius 2 is 1.90 bits per heavy atom. The van der Waals surface area contributed by atoms with E-state index in [1.807, 2.05) is 25.1 Å². The number of rotatable bonds is 6. The van der Waals surface area contributed by atoms with Crippen LogP contribution in [0.3, 0.4) is 0 Å². The average Bonchev–Trinajstić information content (AvgIpc) is 3.12. The molecule has 0 saturated carbocycles. The van der Waals surface area contributed by atoms with Crippen molar-refractivity contribution in [3.8, 4) is 0 Å². The van der Waals surface area contributed by atoms with Gasteiger partial charge in [0.25, 0.3) is 0 Å². The maximum atomic E-state index is 12.1. The van der Waals surface area contributed by atoms with Crippen molar-refractivity contribution in [2.75, 3.05) is 6.61 Å². The van der Waals surface area contributed by atoms with E-state index in [-0.39, 0.29) is 18.1 Å². The van der Waals surface area contributed by atoms with Crippen molar-refractivity contribution in [3.63, 3.8) is 0 Å². The van der Waals surface area contributed by atoms with Crippen LogP contribution >= 0.6 is 0 Å². The van der Waals surface area contributed by atoms with E-state index in [4.69, 9.17) is 4.74 Å². The highest BCUT2D eigenvalue weighted by atomic mass is 16.5. The standard InChI is InChI=1S/C17H25NO2/c1-5-20-17(19)16-15(11-12(2)3)18(16)13(4)14-9-7-6-8-10-14/h6-10,12-13,15-16H,5,11H2,1-4H3/t13-,15+,16+,18?/m0/s1. The molecule has 2 rings (SSSR count). The molecular weight excluding hydrogens is 250 g/mol. The number of nitrogens with zero attached hydrogens (tertiary/aromatic N) is 1. The summed E-state index contributed by atoms with van der Waals surface area (Å²) < 4.78 is 5.21. The largest absolute Gasteiger partial charge is 0.465 e. The first kappa shape index (κ1) is 15.0. The van der Waals surface area contributed by atoms with Crippen LogP contribution in [0.1, 0.15) is 45.7 Å². The van der Waals surface area contributed by atoms with Crippen LogP contribution in [0.5, 0.6) is 0 Å². The molecule has 1 aromatic rings. The zero-order valence-corrected chi connectivity index (χ0v) is 12.9. The molecule has 0 radical (unpaired) electrons. The van der Waals surface area contributed by atoms with Crippen molar-refractivity contribution >= 4 is 5.97 Å². The highest BCUT2D eigenvalue weighted by Gasteiger charge is 2.55. The van der Waals surface area contributed by atoms with E-state index in [2.05, 4.69) is 37.8 Å². The fraction of sp³-hybridized carbons (Fsp3) is 0.588. The van der Waals surface area contributed by atoms with Gasteiger partial charge in [-0.25, -0.2) is 0 Å². The lowest BCUT2D eigenvalue weighted by molar-refractivity contribution is -0.143. The number of carbonyl (C=O) groups is 1. The zero-order chi connectivity index (χ0) is 14.7. The molecule has 110 valence electrons. The maximum absolute atomic E-state index is 12.1. The highest BCUT2D eigenvalue weighted by molar-refractivity contribution is 5.80. The summed E-state index contributed by atoms with van der Waals surface area (Å²) in [6, 6.07) is 10.9. The lowest BCUT2D eigenvalue weighted by Crippen LogP contribution is -2.18. The van der Waals surface area contributed by atoms with Gasteiger partial charge in [-0.2, -0.15) is 0 Å². The van der Waals surface area contributed by atoms with Crippen molar-refractivity contribution in [1.29, 1.82) is 0 Å². The van der Waals surface area contributed by atoms with Gasteiger partial charge in [0, 0.05) is 12.1 Å². The highest BCUT2D eigenvalue weighted by Crippen LogP contribution is 2.42. The van der Waals surface area contributed by atoms with E-state index in [9.17, 15) is 4.79 Å². The summed E-state index contributed by atoms with van der Waals surface area (Å²) in [7, 11) is 0. The maximum Gasteiger partial charge on any atom is 0.325 e. The van der Waals surface area contributed by atoms with E-state index < -0.39 is 0 Å². The SMILES string of the molecule is CCOC(=O)[C@H]1[C@@H](CC(C)C)N1[C@@H](C)c1ccccc1. The molecule has 1 heterocycles. The molecule has 0 aromatic heterocycles. The third-order valence-corrected chi connectivity index (χ3v) is 3.95. The summed E-state index contributed by atoms with van der Waals surface area (Å²) in [5.74, 6) is 0.519. The molecule has 0 spiro atoms. The molecule has 1 saturated heterocycles. The fourth-order valence-corrected chi connectivity index (χ4v) is 2.97. The van der Waals surface area contributed by atoms with Crippen molar-refractivity contribution in [3.05, 3.63) is 35.9 Å². The first-order valence-electron chi connectivity index (χ1n) is 7.55. The molecular formula is C17H25NO2. The molecule has 3 nitrogen and oxygen atoms in total. The third kappa shape index (κ3) is 3.21. The van der Waals surface area contributed by atoms with Gasteiger partial charge in [0.15, 0.2) is 0 Å². The first-order chi connectivity index (χ1) is 9.56. The van der Waals surface area contributed by atoms with Crippen LogP contribution in [0.25, 0.3) is 0 Å². The minimum atomic E-state index is -0.0686. The molecule has 0 N–H and O–H groups in total. The first-order valence-corrected chi connectivity index (χ1v) is 7.55. The van der Waals surface area contributed by atoms with Crippen LogP contribution < -0.4 is 0 Å². The molecule has 0 bridgehead atoms. The number of hydrogen-bond donors (Lipinski definition) is 0. The van der Waals surface area contributed by atoms with E-state index >= 15 is 0 Å². The van der Waals surface area contributed by atoms with Gasteiger partial charge in [-0.05, 0) is 31.7 Å². The second kappa shape index (κ2) is 6.40. The lowest BCUT2D eigenvalue weighted by atomic mass is 10.1. The van der Waals surface area contributed by atoms with E-state index in [0.717, 1.165) is 6.42 Å². The molecule has 1 aliphatic rings. The van der Waals surface area contributed by atoms with E-state index in [1.54, 1.807) is 0 Å². The van der Waals surface area contributed by atoms with Gasteiger partial charge in [-0.3, -0.25) is 9.69 Å². The Hall–Kier alpha value is -1.35. The van der Waals surface area contributed by atoms with Crippen LogP contribution in [0.2, 0.25) is 0 Å². The Balaban J connectivity index is 2.10. The topological polar surface area (TPSA) is 29.3 Å². The van der Waals surface area contributed by atoms with Gasteiger partial charge in [0.2, 0.25) is 0 Å². The van der Waals surface area contributed by atoms with Gasteiger partial charge in [-0.1, -0.05) is 44.2 Å². The number of benzene rings is 1. The van der Waals surface area contributed by atoms with Gasteiger partial charge in [0.1, 0.15) is 6.04 Å². The van der Waals surface area contributed by atoms with Crippen molar-refractivity contribution in [2.24, 2.45) is 5.92 Å². The Morgan fingerprint density at radius 3 is 2.45 bits per heavy atom. The van der Waals surface area contributed by atoms with E-state index in [0.29, 0.717) is 18.6 Å². The summed E-state index contributed by atoms with van der Waals surface area (Å²) in [6.45, 7) is 8.89. The minimum absolute atomic E-state index is 0.0624. The van der Waals surface area contributed by atoms with Crippen molar-refractivity contribution in [1.82, 2.24) is 4.90 Å². The molecule has 3 heteroatoms. The molecule has 4 atom stereocenters. The Labute approximate surface area is 121 Å². The average molecular weight is 275 g/mol. The summed E-state index contributed by atoms with van der Waals surface area (Å²) in [4.78, 5) is 14.4. The number of carbonyl (C=O) groups excluding carboxylic acids is 1. The van der Waals surface area contributed by atoms with Crippen LogP contribution in [0.4, 0.5) is 0 Å². The third-order valence-electron chi connectivity index (χ3n) is 3.95. The second-order valence-corrected chi connectivity index (χ2v) is 5.93. The Kier molecular flexibility index (Phi) is 4.81. The van der Waals surface area contributed by atoms with Crippen molar-refractivity contribution < 1.29 is 9.53 Å². The van der Waals surface area contributed by atoms with Gasteiger partial charge in [-0.15, -0.1) is 0 Å². The number of esters is 1. The predicted molar refractivity (Wildman–Crippen MR) is 80.4 cm³/mol. The number of ether oxygens (including phenoxy) is 1. The quantitative estimate of drug-likeness (QED) is 0.588. The molecule has 20 heavy (non-hydrogen) atoms. The van der Waals surface area contributed by atoms with Crippen LogP contribution in [0.15, 0.2) is 30.3 Å². The molecule has 1 aromatic carbocycles. The Morgan fingerprint density at radius 1 is 1.25 bits per heavy atom. The second-order valence-electron chi connectivity index (χ2n) is 5.93. The smallest absolute Gasteiger partial charge is 0.325 e. The van der Waals surface area contributed by atoms with Crippen LogP contribution in [0, 0.1) is 5.92 Å². The van der Waals surface area contributed by atoms with Gasteiger partial charge >= 0.3 is 5.97 Å². The van der Waals surface area contributed by atoms with Gasteiger partial charge < -0.3 is 4.74 Å². The predicted octanol–water partition coefficient (Wildman–Crippen LogP) is 3.41. The van der Waals surface area contributed by atoms with Crippen molar-refractivity contribution in [2.45, 2.75) is 52.2 Å². The summed E-state index contributed by atoms with van der Waals surface area (Å²) >= 11 is 0. The molecule has 1 fully saturated rings. The molecule has 0 aliphatic carbocycles. The Bertz CT molecular complexity index is 444. The van der Waals surface area contributed by atoms with Gasteiger partial charge in [0.05, 0.1) is 6.61 Å². The normalized spacial score (nSPS) is 26.4. The minimum Gasteiger partial charge on any atom is -0.465 e. The number of hydrogen-bond acceptors (Lipinski definition) is 3. The summed E-state index contributed by atoms with van der Waals surface area (Å²) in [5.41, 5.74) is 1.26. The summed E-state index contributed by atoms with van der Waals surface area (Å²) in [5, 5.41) is 0.